The van der Waals surface area contributed by atoms with Crippen LogP contribution in [0.5, 0.6) is 0 Å². The highest BCUT2D eigenvalue weighted by molar-refractivity contribution is 6.32. The largest absolute Gasteiger partial charge is 0.366 e. The van der Waals surface area contributed by atoms with Gasteiger partial charge in [0.25, 0.3) is 0 Å². The quantitative estimate of drug-likeness (QED) is 0.139. The van der Waals surface area contributed by atoms with Gasteiger partial charge in [-0.2, -0.15) is 0 Å². The van der Waals surface area contributed by atoms with Crippen molar-refractivity contribution in [1.29, 1.82) is 0 Å². The second kappa shape index (κ2) is 13.2. The summed E-state index contributed by atoms with van der Waals surface area (Å²) in [5.74, 6) is 0. The van der Waals surface area contributed by atoms with Gasteiger partial charge in [-0.05, 0) is 116 Å². The molecule has 1 heterocycles. The van der Waals surface area contributed by atoms with Crippen molar-refractivity contribution in [2.45, 2.75) is 12.2 Å². The van der Waals surface area contributed by atoms with Crippen LogP contribution >= 0.6 is 0 Å². The molecule has 11 aromatic rings. The van der Waals surface area contributed by atoms with Gasteiger partial charge in [0, 0.05) is 11.3 Å². The standard InChI is InChI=1S/C56H38N2/c1-2-14-35(15-3-1)36-26-28-38(29-27-36)56-57-52(34-53(58-56)55-41-19-7-5-17-39(41)32-49-40-18-6-4-16-37(40)30-31-48(49)55)50-33-51-44-22-9-8-20-42(44)43-21-10-12-24-46(43)54(51)47-25-13-11-23-45(47)50/h1-34,52,56-58H. The van der Waals surface area contributed by atoms with Crippen molar-refractivity contribution in [3.63, 3.8) is 0 Å². The van der Waals surface area contributed by atoms with Crippen molar-refractivity contribution in [2.24, 2.45) is 0 Å². The summed E-state index contributed by atoms with van der Waals surface area (Å²) < 4.78 is 0. The molecule has 1 aliphatic rings. The molecule has 0 amide bonds. The Morgan fingerprint density at radius 1 is 0.345 bits per heavy atom. The molecule has 2 N–H and O–H groups in total. The van der Waals surface area contributed by atoms with E-state index in [2.05, 4.69) is 217 Å². The molecule has 272 valence electrons. The van der Waals surface area contributed by atoms with E-state index in [9.17, 15) is 0 Å². The molecule has 0 aromatic heterocycles. The third-order valence-corrected chi connectivity index (χ3v) is 12.5. The lowest BCUT2D eigenvalue weighted by Gasteiger charge is -2.34. The van der Waals surface area contributed by atoms with Crippen LogP contribution in [-0.4, -0.2) is 0 Å². The predicted octanol–water partition coefficient (Wildman–Crippen LogP) is 14.4. The van der Waals surface area contributed by atoms with Crippen molar-refractivity contribution >= 4 is 81.1 Å². The Balaban J connectivity index is 1.13. The highest BCUT2D eigenvalue weighted by Crippen LogP contribution is 2.44. The number of nitrogens with one attached hydrogen (secondary N) is 2. The molecule has 0 bridgehead atoms. The summed E-state index contributed by atoms with van der Waals surface area (Å²) in [5.41, 5.74) is 7.24. The second-order valence-electron chi connectivity index (χ2n) is 15.7. The number of hydrogen-bond acceptors (Lipinski definition) is 2. The van der Waals surface area contributed by atoms with E-state index >= 15 is 0 Å². The van der Waals surface area contributed by atoms with Crippen molar-refractivity contribution in [3.8, 4) is 11.1 Å². The van der Waals surface area contributed by atoms with Crippen LogP contribution in [0.4, 0.5) is 0 Å². The van der Waals surface area contributed by atoms with Gasteiger partial charge in [-0.3, -0.25) is 5.32 Å². The third-order valence-electron chi connectivity index (χ3n) is 12.5. The summed E-state index contributed by atoms with van der Waals surface area (Å²) in [5, 5.41) is 26.0. The lowest BCUT2D eigenvalue weighted by atomic mass is 9.86. The van der Waals surface area contributed by atoms with Gasteiger partial charge in [-0.1, -0.05) is 188 Å². The number of benzene rings is 11. The van der Waals surface area contributed by atoms with E-state index in [0.29, 0.717) is 0 Å². The molecule has 0 radical (unpaired) electrons. The third kappa shape index (κ3) is 5.16. The van der Waals surface area contributed by atoms with Crippen LogP contribution in [0.25, 0.3) is 92.2 Å². The maximum absolute atomic E-state index is 4.13. The van der Waals surface area contributed by atoms with Crippen LogP contribution in [0, 0.1) is 0 Å². The summed E-state index contributed by atoms with van der Waals surface area (Å²) in [4.78, 5) is 0. The summed E-state index contributed by atoms with van der Waals surface area (Å²) in [6.07, 6.45) is 2.29. The zero-order chi connectivity index (χ0) is 38.2. The first-order valence-corrected chi connectivity index (χ1v) is 20.2. The van der Waals surface area contributed by atoms with E-state index < -0.39 is 0 Å². The Morgan fingerprint density at radius 2 is 0.897 bits per heavy atom. The lowest BCUT2D eigenvalue weighted by Crippen LogP contribution is -2.39. The maximum atomic E-state index is 4.13. The van der Waals surface area contributed by atoms with Gasteiger partial charge in [0.05, 0.1) is 6.04 Å². The van der Waals surface area contributed by atoms with Gasteiger partial charge >= 0.3 is 0 Å². The van der Waals surface area contributed by atoms with Crippen LogP contribution in [-0.2, 0) is 0 Å². The van der Waals surface area contributed by atoms with E-state index in [1.165, 1.54) is 103 Å². The predicted molar refractivity (Wildman–Crippen MR) is 247 cm³/mol. The second-order valence-corrected chi connectivity index (χ2v) is 15.7. The molecule has 2 unspecified atom stereocenters. The molecule has 2 nitrogen and oxygen atoms in total. The average molecular weight is 739 g/mol. The smallest absolute Gasteiger partial charge is 0.104 e. The number of hydrogen-bond donors (Lipinski definition) is 2. The fourth-order valence-electron chi connectivity index (χ4n) is 9.82. The highest BCUT2D eigenvalue weighted by Gasteiger charge is 2.28. The summed E-state index contributed by atoms with van der Waals surface area (Å²) in [6, 6.07) is 73.5. The van der Waals surface area contributed by atoms with Crippen molar-refractivity contribution in [3.05, 3.63) is 223 Å². The summed E-state index contributed by atoms with van der Waals surface area (Å²) >= 11 is 0. The fourth-order valence-corrected chi connectivity index (χ4v) is 9.82. The minimum atomic E-state index is -0.160. The van der Waals surface area contributed by atoms with Gasteiger partial charge in [0.2, 0.25) is 0 Å². The molecule has 1 aliphatic heterocycles. The summed E-state index contributed by atoms with van der Waals surface area (Å²) in [7, 11) is 0. The van der Waals surface area contributed by atoms with Crippen molar-refractivity contribution in [2.75, 3.05) is 0 Å². The molecule has 0 saturated carbocycles. The molecular formula is C56H38N2. The molecular weight excluding hydrogens is 701 g/mol. The summed E-state index contributed by atoms with van der Waals surface area (Å²) in [6.45, 7) is 0. The van der Waals surface area contributed by atoms with Crippen molar-refractivity contribution in [1.82, 2.24) is 10.6 Å². The van der Waals surface area contributed by atoms with Gasteiger partial charge in [0.15, 0.2) is 0 Å². The van der Waals surface area contributed by atoms with E-state index in [4.69, 9.17) is 0 Å². The minimum absolute atomic E-state index is 0.107. The molecule has 0 aliphatic carbocycles. The number of rotatable bonds is 4. The highest BCUT2D eigenvalue weighted by atomic mass is 15.2. The Labute approximate surface area is 336 Å². The monoisotopic (exact) mass is 738 g/mol. The van der Waals surface area contributed by atoms with E-state index in [1.54, 1.807) is 0 Å². The lowest BCUT2D eigenvalue weighted by molar-refractivity contribution is 0.444. The Kier molecular flexibility index (Phi) is 7.47. The van der Waals surface area contributed by atoms with E-state index in [0.717, 1.165) is 5.70 Å². The molecule has 0 fully saturated rings. The van der Waals surface area contributed by atoms with Crippen LogP contribution in [0.1, 0.15) is 28.9 Å². The topological polar surface area (TPSA) is 24.1 Å². The molecule has 0 spiro atoms. The fraction of sp³-hybridized carbons (Fsp3) is 0.0357. The van der Waals surface area contributed by atoms with Gasteiger partial charge in [-0.25, -0.2) is 0 Å². The molecule has 2 atom stereocenters. The maximum Gasteiger partial charge on any atom is 0.104 e. The normalized spacial score (nSPS) is 15.8. The Hall–Kier alpha value is -7.26. The number of fused-ring (bicyclic) bond motifs is 12. The van der Waals surface area contributed by atoms with Crippen molar-refractivity contribution < 1.29 is 0 Å². The van der Waals surface area contributed by atoms with Gasteiger partial charge < -0.3 is 5.32 Å². The van der Waals surface area contributed by atoms with Crippen LogP contribution in [0.3, 0.4) is 0 Å². The first-order chi connectivity index (χ1) is 28.8. The SMILES string of the molecule is C1=C(c2c3ccccc3cc3c2ccc2ccccc23)NC(c2ccc(-c3ccccc3)cc2)NC1c1cc2c3ccccc3c3ccccc3c2c2ccccc12. The van der Waals surface area contributed by atoms with Gasteiger partial charge in [0.1, 0.15) is 6.17 Å². The van der Waals surface area contributed by atoms with Crippen LogP contribution in [0.15, 0.2) is 206 Å². The Bertz CT molecular complexity index is 3450. The molecule has 2 heteroatoms. The first-order valence-electron chi connectivity index (χ1n) is 20.2. The van der Waals surface area contributed by atoms with Crippen LogP contribution < -0.4 is 10.6 Å². The average Bonchev–Trinajstić information content (AvgIpc) is 3.30. The molecule has 0 saturated heterocycles. The van der Waals surface area contributed by atoms with E-state index in [1.807, 2.05) is 0 Å². The zero-order valence-corrected chi connectivity index (χ0v) is 31.8. The zero-order valence-electron chi connectivity index (χ0n) is 31.8. The molecule has 58 heavy (non-hydrogen) atoms. The van der Waals surface area contributed by atoms with Gasteiger partial charge in [-0.15, -0.1) is 0 Å². The molecule has 11 aromatic carbocycles. The van der Waals surface area contributed by atoms with Crippen LogP contribution in [0.2, 0.25) is 0 Å². The van der Waals surface area contributed by atoms with E-state index in [-0.39, 0.29) is 12.2 Å². The first kappa shape index (κ1) is 32.9. The minimum Gasteiger partial charge on any atom is -0.366 e. The molecule has 12 rings (SSSR count). The Morgan fingerprint density at radius 3 is 1.64 bits per heavy atom.